The second kappa shape index (κ2) is 6.27. The highest BCUT2D eigenvalue weighted by Gasteiger charge is 2.19. The maximum atomic E-state index is 11.7. The van der Waals surface area contributed by atoms with Crippen molar-refractivity contribution in [3.8, 4) is 0 Å². The minimum absolute atomic E-state index is 0.000738. The lowest BCUT2D eigenvalue weighted by Gasteiger charge is -2.28. The molecule has 15 heavy (non-hydrogen) atoms. The van der Waals surface area contributed by atoms with Gasteiger partial charge in [-0.05, 0) is 19.4 Å². The summed E-state index contributed by atoms with van der Waals surface area (Å²) in [5.41, 5.74) is 0. The maximum absolute atomic E-state index is 11.7. The van der Waals surface area contributed by atoms with E-state index in [0.29, 0.717) is 6.54 Å². The predicted octanol–water partition coefficient (Wildman–Crippen LogP) is 2.66. The van der Waals surface area contributed by atoms with Gasteiger partial charge < -0.3 is 5.32 Å². The summed E-state index contributed by atoms with van der Waals surface area (Å²) >= 11 is 0. The van der Waals surface area contributed by atoms with Crippen LogP contribution in [0.5, 0.6) is 0 Å². The van der Waals surface area contributed by atoms with E-state index in [2.05, 4.69) is 18.3 Å². The van der Waals surface area contributed by atoms with Crippen molar-refractivity contribution in [3.63, 3.8) is 0 Å². The topological polar surface area (TPSA) is 32.3 Å². The van der Waals surface area contributed by atoms with Gasteiger partial charge in [0, 0.05) is 12.7 Å². The van der Waals surface area contributed by atoms with Gasteiger partial charge in [-0.15, -0.1) is 0 Å². The van der Waals surface area contributed by atoms with Crippen LogP contribution < -0.4 is 5.32 Å². The fraction of sp³-hybridized carbons (Fsp3) is 0.583. The molecule has 1 unspecified atom stereocenters. The van der Waals surface area contributed by atoms with E-state index in [-0.39, 0.29) is 12.1 Å². The number of nitrogens with zero attached hydrogens (tertiary/aromatic N) is 1. The summed E-state index contributed by atoms with van der Waals surface area (Å²) in [6.45, 7) is 4.77. The van der Waals surface area contributed by atoms with Gasteiger partial charge in [0.1, 0.15) is 0 Å². The molecule has 3 nitrogen and oxygen atoms in total. The van der Waals surface area contributed by atoms with Crippen molar-refractivity contribution in [2.24, 2.45) is 0 Å². The molecule has 0 aliphatic carbocycles. The Kier molecular flexibility index (Phi) is 4.95. The van der Waals surface area contributed by atoms with E-state index in [1.165, 1.54) is 0 Å². The van der Waals surface area contributed by atoms with Crippen molar-refractivity contribution < 1.29 is 4.79 Å². The fourth-order valence-corrected chi connectivity index (χ4v) is 1.65. The van der Waals surface area contributed by atoms with Crippen LogP contribution in [0.15, 0.2) is 24.4 Å². The van der Waals surface area contributed by atoms with E-state index in [0.717, 1.165) is 19.3 Å². The first kappa shape index (κ1) is 11.8. The van der Waals surface area contributed by atoms with Gasteiger partial charge in [0.15, 0.2) is 0 Å². The number of unbranched alkanes of at least 4 members (excludes halogenated alkanes) is 1. The lowest BCUT2D eigenvalue weighted by atomic mass is 10.1. The van der Waals surface area contributed by atoms with Crippen LogP contribution in [0.4, 0.5) is 4.79 Å². The molecule has 1 rings (SSSR count). The van der Waals surface area contributed by atoms with Gasteiger partial charge in [-0.1, -0.05) is 31.9 Å². The number of urea groups is 1. The van der Waals surface area contributed by atoms with Gasteiger partial charge in [-0.25, -0.2) is 4.79 Å². The fourth-order valence-electron chi connectivity index (χ4n) is 1.65. The first-order valence-corrected chi connectivity index (χ1v) is 5.70. The standard InChI is InChI=1S/C12H20N2O/c1-3-5-8-11-9-6-7-10-14(11)12(15)13-4-2/h6-7,9-11H,3-5,8H2,1-2H3,(H,13,15). The molecular weight excluding hydrogens is 188 g/mol. The molecular formula is C12H20N2O. The number of rotatable bonds is 4. The zero-order valence-electron chi connectivity index (χ0n) is 9.57. The van der Waals surface area contributed by atoms with Crippen LogP contribution >= 0.6 is 0 Å². The van der Waals surface area contributed by atoms with E-state index in [4.69, 9.17) is 0 Å². The van der Waals surface area contributed by atoms with Crippen LogP contribution in [-0.2, 0) is 0 Å². The predicted molar refractivity (Wildman–Crippen MR) is 62.5 cm³/mol. The van der Waals surface area contributed by atoms with E-state index < -0.39 is 0 Å². The summed E-state index contributed by atoms with van der Waals surface area (Å²) in [7, 11) is 0. The molecule has 1 aliphatic rings. The first-order valence-electron chi connectivity index (χ1n) is 5.70. The van der Waals surface area contributed by atoms with Gasteiger partial charge in [0.25, 0.3) is 0 Å². The number of carbonyl (C=O) groups excluding carboxylic acids is 1. The van der Waals surface area contributed by atoms with Crippen LogP contribution in [-0.4, -0.2) is 23.5 Å². The molecule has 0 fully saturated rings. The Morgan fingerprint density at radius 2 is 2.20 bits per heavy atom. The average molecular weight is 208 g/mol. The summed E-state index contributed by atoms with van der Waals surface area (Å²) in [6, 6.07) is 0.223. The third kappa shape index (κ3) is 3.42. The Morgan fingerprint density at radius 3 is 2.87 bits per heavy atom. The number of amides is 2. The third-order valence-corrected chi connectivity index (χ3v) is 2.46. The van der Waals surface area contributed by atoms with Crippen LogP contribution in [0.1, 0.15) is 33.1 Å². The van der Waals surface area contributed by atoms with Crippen LogP contribution in [0, 0.1) is 0 Å². The van der Waals surface area contributed by atoms with Gasteiger partial charge in [0.05, 0.1) is 6.04 Å². The average Bonchev–Trinajstić information content (AvgIpc) is 2.27. The Balaban J connectivity index is 2.55. The molecule has 0 bridgehead atoms. The highest BCUT2D eigenvalue weighted by atomic mass is 16.2. The first-order chi connectivity index (χ1) is 7.29. The number of nitrogens with one attached hydrogen (secondary N) is 1. The minimum atomic E-state index is -0.000738. The Bertz CT molecular complexity index is 258. The molecule has 1 N–H and O–H groups in total. The molecule has 2 amide bonds. The summed E-state index contributed by atoms with van der Waals surface area (Å²) in [5, 5.41) is 2.82. The molecule has 0 spiro atoms. The zero-order valence-corrected chi connectivity index (χ0v) is 9.57. The lowest BCUT2D eigenvalue weighted by molar-refractivity contribution is 0.205. The van der Waals surface area contributed by atoms with E-state index in [1.54, 1.807) is 4.90 Å². The molecule has 0 aromatic rings. The summed E-state index contributed by atoms with van der Waals surface area (Å²) < 4.78 is 0. The largest absolute Gasteiger partial charge is 0.338 e. The number of hydrogen-bond acceptors (Lipinski definition) is 1. The molecule has 3 heteroatoms. The van der Waals surface area contributed by atoms with Crippen molar-refractivity contribution >= 4 is 6.03 Å². The van der Waals surface area contributed by atoms with E-state index >= 15 is 0 Å². The van der Waals surface area contributed by atoms with Crippen molar-refractivity contribution in [2.75, 3.05) is 6.54 Å². The van der Waals surface area contributed by atoms with Crippen LogP contribution in [0.2, 0.25) is 0 Å². The second-order valence-electron chi connectivity index (χ2n) is 3.68. The summed E-state index contributed by atoms with van der Waals surface area (Å²) in [6.07, 6.45) is 11.2. The third-order valence-electron chi connectivity index (χ3n) is 2.46. The number of allylic oxidation sites excluding steroid dienone is 2. The Hall–Kier alpha value is -1.25. The van der Waals surface area contributed by atoms with Crippen molar-refractivity contribution in [3.05, 3.63) is 24.4 Å². The van der Waals surface area contributed by atoms with E-state index in [9.17, 15) is 4.79 Å². The molecule has 84 valence electrons. The van der Waals surface area contributed by atoms with Gasteiger partial charge in [-0.3, -0.25) is 4.90 Å². The summed E-state index contributed by atoms with van der Waals surface area (Å²) in [5.74, 6) is 0. The number of carbonyl (C=O) groups is 1. The lowest BCUT2D eigenvalue weighted by Crippen LogP contribution is -2.42. The van der Waals surface area contributed by atoms with Crippen molar-refractivity contribution in [2.45, 2.75) is 39.2 Å². The van der Waals surface area contributed by atoms with E-state index in [1.807, 2.05) is 25.3 Å². The smallest absolute Gasteiger partial charge is 0.321 e. The summed E-state index contributed by atoms with van der Waals surface area (Å²) in [4.78, 5) is 13.5. The SMILES string of the molecule is CCCCC1C=CC=CN1C(=O)NCC. The molecule has 0 saturated heterocycles. The molecule has 1 atom stereocenters. The van der Waals surface area contributed by atoms with Gasteiger partial charge in [-0.2, -0.15) is 0 Å². The molecule has 0 saturated carbocycles. The minimum Gasteiger partial charge on any atom is -0.338 e. The van der Waals surface area contributed by atoms with Gasteiger partial charge in [0.2, 0.25) is 0 Å². The quantitative estimate of drug-likeness (QED) is 0.757. The zero-order chi connectivity index (χ0) is 11.1. The van der Waals surface area contributed by atoms with Gasteiger partial charge >= 0.3 is 6.03 Å². The van der Waals surface area contributed by atoms with Crippen molar-refractivity contribution in [1.82, 2.24) is 10.2 Å². The molecule has 0 aromatic heterocycles. The number of hydrogen-bond donors (Lipinski definition) is 1. The second-order valence-corrected chi connectivity index (χ2v) is 3.68. The highest BCUT2D eigenvalue weighted by molar-refractivity contribution is 5.76. The maximum Gasteiger partial charge on any atom is 0.321 e. The Morgan fingerprint density at radius 1 is 1.40 bits per heavy atom. The monoisotopic (exact) mass is 208 g/mol. The molecule has 0 aromatic carbocycles. The molecule has 1 heterocycles. The Labute approximate surface area is 91.8 Å². The molecule has 0 radical (unpaired) electrons. The van der Waals surface area contributed by atoms with Crippen LogP contribution in [0.25, 0.3) is 0 Å². The molecule has 1 aliphatic heterocycles. The normalized spacial score (nSPS) is 19.3. The van der Waals surface area contributed by atoms with Crippen LogP contribution in [0.3, 0.4) is 0 Å². The van der Waals surface area contributed by atoms with Crippen molar-refractivity contribution in [1.29, 1.82) is 0 Å². The highest BCUT2D eigenvalue weighted by Crippen LogP contribution is 2.14.